The lowest BCUT2D eigenvalue weighted by Gasteiger charge is -2.25. The molecule has 0 aliphatic carbocycles. The normalized spacial score (nSPS) is 19.4. The van der Waals surface area contributed by atoms with E-state index in [4.69, 9.17) is 0 Å². The summed E-state index contributed by atoms with van der Waals surface area (Å²) in [4.78, 5) is 26.3. The number of amides is 1. The van der Waals surface area contributed by atoms with Gasteiger partial charge in [0.1, 0.15) is 11.6 Å². The van der Waals surface area contributed by atoms with Gasteiger partial charge >= 0.3 is 0 Å². The van der Waals surface area contributed by atoms with Gasteiger partial charge in [0.15, 0.2) is 0 Å². The van der Waals surface area contributed by atoms with Crippen LogP contribution < -0.4 is 0 Å². The van der Waals surface area contributed by atoms with Crippen LogP contribution in [0.25, 0.3) is 5.76 Å². The van der Waals surface area contributed by atoms with Gasteiger partial charge in [0.25, 0.3) is 11.7 Å². The monoisotopic (exact) mass is 339 g/mol. The minimum atomic E-state index is -0.929. The minimum absolute atomic E-state index is 0.0743. The van der Waals surface area contributed by atoms with Gasteiger partial charge in [-0.1, -0.05) is 55.5 Å². The summed E-state index contributed by atoms with van der Waals surface area (Å²) in [5.41, 5.74) is 0.542. The highest BCUT2D eigenvalue weighted by molar-refractivity contribution is 6.46. The van der Waals surface area contributed by atoms with Gasteiger partial charge in [-0.3, -0.25) is 9.59 Å². The molecule has 5 heteroatoms. The topological polar surface area (TPSA) is 57.6 Å². The number of rotatable bonds is 4. The number of benzene rings is 2. The van der Waals surface area contributed by atoms with Gasteiger partial charge < -0.3 is 10.0 Å². The van der Waals surface area contributed by atoms with Crippen LogP contribution in [0.5, 0.6) is 0 Å². The standard InChI is InChI=1S/C20H18FNO3/c1-2-12-22-17(14-10-6-7-11-15(14)21)16(19(24)20(22)25)18(23)13-8-4-3-5-9-13/h3-11,17,23H,2,12H2,1H3/b18-16-. The van der Waals surface area contributed by atoms with Crippen LogP contribution in [0.2, 0.25) is 0 Å². The molecule has 0 radical (unpaired) electrons. The van der Waals surface area contributed by atoms with Crippen molar-refractivity contribution in [3.63, 3.8) is 0 Å². The number of hydrogen-bond donors (Lipinski definition) is 1. The molecule has 0 aromatic heterocycles. The Bertz CT molecular complexity index is 845. The van der Waals surface area contributed by atoms with E-state index in [0.717, 1.165) is 0 Å². The maximum atomic E-state index is 14.4. The van der Waals surface area contributed by atoms with E-state index in [9.17, 15) is 19.1 Å². The van der Waals surface area contributed by atoms with Crippen LogP contribution in [0.4, 0.5) is 4.39 Å². The van der Waals surface area contributed by atoms with Crippen molar-refractivity contribution in [2.24, 2.45) is 0 Å². The van der Waals surface area contributed by atoms with Crippen molar-refractivity contribution in [2.45, 2.75) is 19.4 Å². The molecule has 1 atom stereocenters. The second-order valence-electron chi connectivity index (χ2n) is 5.88. The Morgan fingerprint density at radius 3 is 2.36 bits per heavy atom. The van der Waals surface area contributed by atoms with Gasteiger partial charge in [0.05, 0.1) is 11.6 Å². The fourth-order valence-corrected chi connectivity index (χ4v) is 3.12. The molecule has 3 rings (SSSR count). The Morgan fingerprint density at radius 1 is 1.08 bits per heavy atom. The van der Waals surface area contributed by atoms with E-state index in [1.165, 1.54) is 17.0 Å². The maximum absolute atomic E-state index is 14.4. The highest BCUT2D eigenvalue weighted by Gasteiger charge is 2.46. The van der Waals surface area contributed by atoms with E-state index in [-0.39, 0.29) is 16.9 Å². The molecule has 0 bridgehead atoms. The molecule has 1 heterocycles. The molecule has 128 valence electrons. The molecule has 1 unspecified atom stereocenters. The van der Waals surface area contributed by atoms with Crippen LogP contribution in [-0.4, -0.2) is 28.2 Å². The smallest absolute Gasteiger partial charge is 0.295 e. The molecule has 1 amide bonds. The summed E-state index contributed by atoms with van der Waals surface area (Å²) in [5.74, 6) is -2.31. The Labute approximate surface area is 145 Å². The highest BCUT2D eigenvalue weighted by Crippen LogP contribution is 2.40. The number of carbonyl (C=O) groups is 2. The van der Waals surface area contributed by atoms with Crippen molar-refractivity contribution in [3.05, 3.63) is 77.1 Å². The lowest BCUT2D eigenvalue weighted by Crippen LogP contribution is -2.30. The fraction of sp³-hybridized carbons (Fsp3) is 0.200. The molecular weight excluding hydrogens is 321 g/mol. The molecule has 2 aromatic carbocycles. The number of likely N-dealkylation sites (tertiary alicyclic amines) is 1. The molecule has 25 heavy (non-hydrogen) atoms. The van der Waals surface area contributed by atoms with Crippen LogP contribution >= 0.6 is 0 Å². The Kier molecular flexibility index (Phi) is 4.65. The first-order chi connectivity index (χ1) is 12.1. The number of carbonyl (C=O) groups excluding carboxylic acids is 2. The van der Waals surface area contributed by atoms with E-state index >= 15 is 0 Å². The largest absolute Gasteiger partial charge is 0.507 e. The van der Waals surface area contributed by atoms with Crippen LogP contribution in [0.15, 0.2) is 60.2 Å². The lowest BCUT2D eigenvalue weighted by atomic mass is 9.95. The Balaban J connectivity index is 2.22. The van der Waals surface area contributed by atoms with E-state index in [2.05, 4.69) is 0 Å². The van der Waals surface area contributed by atoms with Gasteiger partial charge in [-0.05, 0) is 12.5 Å². The first-order valence-corrected chi connectivity index (χ1v) is 8.14. The first-order valence-electron chi connectivity index (χ1n) is 8.14. The summed E-state index contributed by atoms with van der Waals surface area (Å²) in [6.07, 6.45) is 0.614. The summed E-state index contributed by atoms with van der Waals surface area (Å²) in [6, 6.07) is 13.6. The third-order valence-electron chi connectivity index (χ3n) is 4.25. The molecule has 0 spiro atoms. The highest BCUT2D eigenvalue weighted by atomic mass is 19.1. The molecule has 1 saturated heterocycles. The van der Waals surface area contributed by atoms with E-state index in [1.807, 2.05) is 6.92 Å². The number of halogens is 1. The zero-order valence-corrected chi connectivity index (χ0v) is 13.8. The number of nitrogens with zero attached hydrogens (tertiary/aromatic N) is 1. The summed E-state index contributed by atoms with van der Waals surface area (Å²) in [5, 5.41) is 10.7. The van der Waals surface area contributed by atoms with Crippen molar-refractivity contribution in [3.8, 4) is 0 Å². The molecule has 2 aromatic rings. The predicted molar refractivity (Wildman–Crippen MR) is 92.1 cm³/mol. The molecule has 1 fully saturated rings. The van der Waals surface area contributed by atoms with E-state index < -0.39 is 23.5 Å². The zero-order valence-electron chi connectivity index (χ0n) is 13.8. The number of Topliss-reactive ketones (excluding diaryl/α,β-unsaturated/α-hetero) is 1. The average molecular weight is 339 g/mol. The fourth-order valence-electron chi connectivity index (χ4n) is 3.12. The third kappa shape index (κ3) is 2.93. The van der Waals surface area contributed by atoms with Crippen molar-refractivity contribution in [2.75, 3.05) is 6.54 Å². The van der Waals surface area contributed by atoms with E-state index in [0.29, 0.717) is 18.5 Å². The molecule has 0 saturated carbocycles. The van der Waals surface area contributed by atoms with Gasteiger partial charge in [-0.15, -0.1) is 0 Å². The first kappa shape index (κ1) is 16.9. The van der Waals surface area contributed by atoms with Crippen molar-refractivity contribution in [1.29, 1.82) is 0 Å². The van der Waals surface area contributed by atoms with Crippen LogP contribution in [-0.2, 0) is 9.59 Å². The molecule has 1 N–H and O–H groups in total. The van der Waals surface area contributed by atoms with E-state index in [1.54, 1.807) is 42.5 Å². The third-order valence-corrected chi connectivity index (χ3v) is 4.25. The van der Waals surface area contributed by atoms with Crippen LogP contribution in [0.1, 0.15) is 30.5 Å². The van der Waals surface area contributed by atoms with Crippen LogP contribution in [0, 0.1) is 5.82 Å². The molecule has 4 nitrogen and oxygen atoms in total. The minimum Gasteiger partial charge on any atom is -0.507 e. The van der Waals surface area contributed by atoms with Gasteiger partial charge in [-0.2, -0.15) is 0 Å². The number of aliphatic hydroxyl groups excluding tert-OH is 1. The zero-order chi connectivity index (χ0) is 18.0. The second kappa shape index (κ2) is 6.89. The van der Waals surface area contributed by atoms with Gasteiger partial charge in [0, 0.05) is 17.7 Å². The number of aliphatic hydroxyl groups is 1. The van der Waals surface area contributed by atoms with Crippen LogP contribution in [0.3, 0.4) is 0 Å². The quantitative estimate of drug-likeness (QED) is 0.525. The Hall–Kier alpha value is -2.95. The lowest BCUT2D eigenvalue weighted by molar-refractivity contribution is -0.139. The molecule has 1 aliphatic heterocycles. The predicted octanol–water partition coefficient (Wildman–Crippen LogP) is 3.66. The van der Waals surface area contributed by atoms with Crippen molar-refractivity contribution < 1.29 is 19.1 Å². The summed E-state index contributed by atoms with van der Waals surface area (Å²) in [7, 11) is 0. The summed E-state index contributed by atoms with van der Waals surface area (Å²) >= 11 is 0. The Morgan fingerprint density at radius 2 is 1.72 bits per heavy atom. The average Bonchev–Trinajstić information content (AvgIpc) is 2.87. The van der Waals surface area contributed by atoms with Crippen molar-refractivity contribution >= 4 is 17.4 Å². The summed E-state index contributed by atoms with van der Waals surface area (Å²) < 4.78 is 14.4. The maximum Gasteiger partial charge on any atom is 0.295 e. The number of hydrogen-bond acceptors (Lipinski definition) is 3. The van der Waals surface area contributed by atoms with Gasteiger partial charge in [0.2, 0.25) is 0 Å². The molecular formula is C20H18FNO3. The number of ketones is 1. The summed E-state index contributed by atoms with van der Waals surface area (Å²) in [6.45, 7) is 2.17. The second-order valence-corrected chi connectivity index (χ2v) is 5.88. The molecule has 1 aliphatic rings. The SMILES string of the molecule is CCCN1C(=O)C(=O)/C(=C(\O)c2ccccc2)C1c1ccccc1F. The van der Waals surface area contributed by atoms with Gasteiger partial charge in [-0.25, -0.2) is 4.39 Å². The van der Waals surface area contributed by atoms with Crippen molar-refractivity contribution in [1.82, 2.24) is 4.90 Å².